The lowest BCUT2D eigenvalue weighted by Crippen LogP contribution is -2.15. The quantitative estimate of drug-likeness (QED) is 0.581. The smallest absolute Gasteiger partial charge is 0.344 e. The van der Waals surface area contributed by atoms with Crippen molar-refractivity contribution >= 4 is 21.7 Å². The van der Waals surface area contributed by atoms with Crippen molar-refractivity contribution in [2.75, 3.05) is 13.2 Å². The maximum atomic E-state index is 13.6. The summed E-state index contributed by atoms with van der Waals surface area (Å²) in [4.78, 5) is 12.2. The molecule has 0 unspecified atom stereocenters. The SMILES string of the molecule is O=c1oc2cc(O)c(F)cc2c2ccc(O[C@H]3CCOC3)cc12. The van der Waals surface area contributed by atoms with E-state index in [1.54, 1.807) is 18.2 Å². The third-order valence-corrected chi connectivity index (χ3v) is 3.94. The van der Waals surface area contributed by atoms with Gasteiger partial charge in [-0.3, -0.25) is 0 Å². The molecule has 1 N–H and O–H groups in total. The van der Waals surface area contributed by atoms with Crippen LogP contribution in [0.1, 0.15) is 6.42 Å². The molecule has 2 heterocycles. The topological polar surface area (TPSA) is 68.9 Å². The van der Waals surface area contributed by atoms with Gasteiger partial charge in [0.25, 0.3) is 0 Å². The molecule has 2 aromatic carbocycles. The second-order valence-corrected chi connectivity index (χ2v) is 5.50. The molecule has 4 rings (SSSR count). The van der Waals surface area contributed by atoms with Crippen LogP contribution in [-0.4, -0.2) is 24.4 Å². The van der Waals surface area contributed by atoms with E-state index in [1.807, 2.05) is 0 Å². The van der Waals surface area contributed by atoms with Crippen LogP contribution in [0.5, 0.6) is 11.5 Å². The minimum absolute atomic E-state index is 0.0330. The Hall–Kier alpha value is -2.60. The summed E-state index contributed by atoms with van der Waals surface area (Å²) in [7, 11) is 0. The molecule has 3 aromatic rings. The first-order valence-electron chi connectivity index (χ1n) is 7.25. The van der Waals surface area contributed by atoms with Crippen LogP contribution in [0.25, 0.3) is 21.7 Å². The third kappa shape index (κ3) is 2.41. The fraction of sp³-hybridized carbons (Fsp3) is 0.235. The lowest BCUT2D eigenvalue weighted by Gasteiger charge is -2.12. The van der Waals surface area contributed by atoms with E-state index in [4.69, 9.17) is 13.9 Å². The predicted octanol–water partition coefficient (Wildman–Crippen LogP) is 2.96. The summed E-state index contributed by atoms with van der Waals surface area (Å²) in [5.74, 6) is -0.781. The van der Waals surface area contributed by atoms with Gasteiger partial charge in [-0.1, -0.05) is 0 Å². The summed E-state index contributed by atoms with van der Waals surface area (Å²) >= 11 is 0. The Morgan fingerprint density at radius 1 is 1.17 bits per heavy atom. The Kier molecular flexibility index (Phi) is 3.20. The van der Waals surface area contributed by atoms with Crippen molar-refractivity contribution < 1.29 is 23.4 Å². The zero-order valence-corrected chi connectivity index (χ0v) is 12.0. The maximum absolute atomic E-state index is 13.6. The van der Waals surface area contributed by atoms with Crippen LogP contribution in [0.3, 0.4) is 0 Å². The van der Waals surface area contributed by atoms with Gasteiger partial charge in [-0.25, -0.2) is 9.18 Å². The normalized spacial score (nSPS) is 17.9. The van der Waals surface area contributed by atoms with Crippen molar-refractivity contribution in [2.24, 2.45) is 0 Å². The minimum atomic E-state index is -0.768. The minimum Gasteiger partial charge on any atom is -0.505 e. The Morgan fingerprint density at radius 2 is 2.04 bits per heavy atom. The van der Waals surface area contributed by atoms with Gasteiger partial charge in [0.05, 0.1) is 18.6 Å². The lowest BCUT2D eigenvalue weighted by molar-refractivity contribution is 0.141. The van der Waals surface area contributed by atoms with Crippen LogP contribution in [0.15, 0.2) is 39.5 Å². The first-order chi connectivity index (χ1) is 11.1. The molecule has 0 aliphatic carbocycles. The van der Waals surface area contributed by atoms with Crippen molar-refractivity contribution in [3.63, 3.8) is 0 Å². The largest absolute Gasteiger partial charge is 0.505 e. The fourth-order valence-corrected chi connectivity index (χ4v) is 2.79. The summed E-state index contributed by atoms with van der Waals surface area (Å²) in [6, 6.07) is 7.26. The van der Waals surface area contributed by atoms with Gasteiger partial charge >= 0.3 is 5.63 Å². The van der Waals surface area contributed by atoms with Crippen LogP contribution in [0, 0.1) is 5.82 Å². The zero-order chi connectivity index (χ0) is 16.0. The summed E-state index contributed by atoms with van der Waals surface area (Å²) in [5, 5.41) is 10.7. The number of fused-ring (bicyclic) bond motifs is 3. The van der Waals surface area contributed by atoms with Crippen molar-refractivity contribution in [1.29, 1.82) is 0 Å². The second-order valence-electron chi connectivity index (χ2n) is 5.50. The number of benzene rings is 2. The summed E-state index contributed by atoms with van der Waals surface area (Å²) < 4.78 is 29.8. The van der Waals surface area contributed by atoms with Gasteiger partial charge in [-0.15, -0.1) is 0 Å². The number of hydrogen-bond acceptors (Lipinski definition) is 5. The van der Waals surface area contributed by atoms with Gasteiger partial charge in [0.15, 0.2) is 11.6 Å². The number of phenols is 1. The summed E-state index contributed by atoms with van der Waals surface area (Å²) in [6.45, 7) is 1.18. The molecular weight excluding hydrogens is 303 g/mol. The standard InChI is InChI=1S/C17H13FO5/c18-14-6-12-11-2-1-9(22-10-3-4-21-8-10)5-13(11)17(20)23-16(12)7-15(14)19/h1-2,5-7,10,19H,3-4,8H2/t10-/m0/s1. The lowest BCUT2D eigenvalue weighted by atomic mass is 10.1. The van der Waals surface area contributed by atoms with E-state index in [2.05, 4.69) is 0 Å². The molecule has 5 nitrogen and oxygen atoms in total. The van der Waals surface area contributed by atoms with Crippen molar-refractivity contribution in [3.05, 3.63) is 46.6 Å². The molecule has 0 bridgehead atoms. The van der Waals surface area contributed by atoms with E-state index in [1.165, 1.54) is 0 Å². The molecule has 1 saturated heterocycles. The maximum Gasteiger partial charge on any atom is 0.344 e. The molecule has 1 aliphatic rings. The van der Waals surface area contributed by atoms with E-state index in [9.17, 15) is 14.3 Å². The highest BCUT2D eigenvalue weighted by molar-refractivity contribution is 6.04. The summed E-state index contributed by atoms with van der Waals surface area (Å²) in [5.41, 5.74) is -0.425. The predicted molar refractivity (Wildman–Crippen MR) is 81.5 cm³/mol. The molecular formula is C17H13FO5. The molecule has 0 radical (unpaired) electrons. The zero-order valence-electron chi connectivity index (χ0n) is 12.0. The number of phenolic OH excluding ortho intramolecular Hbond substituents is 1. The van der Waals surface area contributed by atoms with Crippen molar-refractivity contribution in [1.82, 2.24) is 0 Å². The second kappa shape index (κ2) is 5.24. The highest BCUT2D eigenvalue weighted by Gasteiger charge is 2.18. The van der Waals surface area contributed by atoms with Crippen LogP contribution in [0.2, 0.25) is 0 Å². The van der Waals surface area contributed by atoms with Gasteiger partial charge in [0.2, 0.25) is 0 Å². The van der Waals surface area contributed by atoms with Gasteiger partial charge in [0, 0.05) is 23.3 Å². The molecule has 0 amide bonds. The van der Waals surface area contributed by atoms with E-state index in [0.717, 1.165) is 18.6 Å². The van der Waals surface area contributed by atoms with Crippen LogP contribution in [-0.2, 0) is 4.74 Å². The molecule has 1 fully saturated rings. The van der Waals surface area contributed by atoms with Gasteiger partial charge in [-0.2, -0.15) is 0 Å². The van der Waals surface area contributed by atoms with Crippen LogP contribution >= 0.6 is 0 Å². The molecule has 0 spiro atoms. The third-order valence-electron chi connectivity index (χ3n) is 3.94. The molecule has 1 aliphatic heterocycles. The molecule has 6 heteroatoms. The average Bonchev–Trinajstić information content (AvgIpc) is 3.03. The van der Waals surface area contributed by atoms with Gasteiger partial charge in [-0.05, 0) is 24.3 Å². The molecule has 118 valence electrons. The van der Waals surface area contributed by atoms with E-state index < -0.39 is 17.2 Å². The van der Waals surface area contributed by atoms with E-state index >= 15 is 0 Å². The number of aromatic hydroxyl groups is 1. The Bertz CT molecular complexity index is 956. The molecule has 23 heavy (non-hydrogen) atoms. The number of hydrogen-bond donors (Lipinski definition) is 1. The first-order valence-corrected chi connectivity index (χ1v) is 7.25. The number of halogens is 1. The monoisotopic (exact) mass is 316 g/mol. The van der Waals surface area contributed by atoms with Gasteiger partial charge < -0.3 is 19.0 Å². The van der Waals surface area contributed by atoms with E-state index in [0.29, 0.717) is 35.1 Å². The Balaban J connectivity index is 1.88. The highest BCUT2D eigenvalue weighted by atomic mass is 19.1. The van der Waals surface area contributed by atoms with E-state index in [-0.39, 0.29) is 11.7 Å². The molecule has 0 saturated carbocycles. The van der Waals surface area contributed by atoms with Crippen molar-refractivity contribution in [2.45, 2.75) is 12.5 Å². The van der Waals surface area contributed by atoms with Crippen LogP contribution < -0.4 is 10.4 Å². The number of ether oxygens (including phenoxy) is 2. The van der Waals surface area contributed by atoms with Crippen molar-refractivity contribution in [3.8, 4) is 11.5 Å². The summed E-state index contributed by atoms with van der Waals surface area (Å²) in [6.07, 6.45) is 0.767. The molecule has 1 aromatic heterocycles. The number of rotatable bonds is 2. The fourth-order valence-electron chi connectivity index (χ4n) is 2.79. The molecule has 1 atom stereocenters. The average molecular weight is 316 g/mol. The Morgan fingerprint density at radius 3 is 2.83 bits per heavy atom. The first kappa shape index (κ1) is 14.0. The van der Waals surface area contributed by atoms with Crippen LogP contribution in [0.4, 0.5) is 4.39 Å². The highest BCUT2D eigenvalue weighted by Crippen LogP contribution is 2.30. The van der Waals surface area contributed by atoms with Gasteiger partial charge in [0.1, 0.15) is 17.4 Å². The Labute approximate surface area is 129 Å².